The molecule has 2 aromatic rings. The average Bonchev–Trinajstić information content (AvgIpc) is 2.47. The van der Waals surface area contributed by atoms with Gasteiger partial charge in [0.2, 0.25) is 0 Å². The molecule has 1 aromatic heterocycles. The second kappa shape index (κ2) is 6.56. The quantitative estimate of drug-likeness (QED) is 0.723. The highest BCUT2D eigenvalue weighted by atomic mass is 16.5. The van der Waals surface area contributed by atoms with Gasteiger partial charge in [-0.2, -0.15) is 0 Å². The molecule has 0 aliphatic rings. The van der Waals surface area contributed by atoms with Crippen molar-refractivity contribution in [1.29, 1.82) is 0 Å². The van der Waals surface area contributed by atoms with Crippen LogP contribution in [0.4, 0.5) is 0 Å². The van der Waals surface area contributed by atoms with Crippen molar-refractivity contribution < 1.29 is 9.53 Å². The Hall–Kier alpha value is -2.83. The number of ether oxygens (including phenoxy) is 1. The number of benzene rings is 1. The topological polar surface area (TPSA) is 104 Å². The van der Waals surface area contributed by atoms with Gasteiger partial charge in [0.05, 0.1) is 7.11 Å². The van der Waals surface area contributed by atoms with E-state index in [-0.39, 0.29) is 5.69 Å². The molecule has 0 aliphatic carbocycles. The third kappa shape index (κ3) is 4.07. The normalized spacial score (nSPS) is 10.1. The van der Waals surface area contributed by atoms with Crippen molar-refractivity contribution in [3.63, 3.8) is 0 Å². The zero-order chi connectivity index (χ0) is 15.2. The minimum atomic E-state index is -0.706. The van der Waals surface area contributed by atoms with Crippen LogP contribution in [0.3, 0.4) is 0 Å². The molecule has 1 aromatic carbocycles. The molecule has 0 saturated carbocycles. The first kappa shape index (κ1) is 14.6. The van der Waals surface area contributed by atoms with Gasteiger partial charge in [0.1, 0.15) is 11.4 Å². The molecule has 1 amide bonds. The van der Waals surface area contributed by atoms with Crippen LogP contribution in [0, 0.1) is 0 Å². The Labute approximate surface area is 120 Å². The van der Waals surface area contributed by atoms with E-state index in [9.17, 15) is 14.4 Å². The number of aromatic nitrogens is 2. The molecule has 0 radical (unpaired) electrons. The number of nitrogens with one attached hydrogen (secondary N) is 3. The zero-order valence-electron chi connectivity index (χ0n) is 11.4. The molecule has 0 fully saturated rings. The molecule has 3 N–H and O–H groups in total. The van der Waals surface area contributed by atoms with Gasteiger partial charge in [-0.3, -0.25) is 14.6 Å². The molecule has 0 saturated heterocycles. The maximum atomic E-state index is 11.8. The maximum Gasteiger partial charge on any atom is 0.326 e. The van der Waals surface area contributed by atoms with Gasteiger partial charge in [-0.05, 0) is 24.1 Å². The van der Waals surface area contributed by atoms with Gasteiger partial charge in [-0.25, -0.2) is 4.79 Å². The summed E-state index contributed by atoms with van der Waals surface area (Å²) >= 11 is 0. The molecule has 7 heteroatoms. The highest BCUT2D eigenvalue weighted by Gasteiger charge is 2.07. The van der Waals surface area contributed by atoms with E-state index in [4.69, 9.17) is 4.74 Å². The number of carbonyl (C=O) groups excluding carboxylic acids is 1. The van der Waals surface area contributed by atoms with Gasteiger partial charge in [-0.1, -0.05) is 12.1 Å². The number of hydrogen-bond donors (Lipinski definition) is 3. The lowest BCUT2D eigenvalue weighted by molar-refractivity contribution is 0.0948. The van der Waals surface area contributed by atoms with E-state index in [1.807, 2.05) is 29.2 Å². The summed E-state index contributed by atoms with van der Waals surface area (Å²) in [5.74, 6) is 0.274. The third-order valence-corrected chi connectivity index (χ3v) is 2.86. The predicted octanol–water partition coefficient (Wildman–Crippen LogP) is 0.0443. The summed E-state index contributed by atoms with van der Waals surface area (Å²) in [5.41, 5.74) is -0.337. The molecule has 0 unspecified atom stereocenters. The summed E-state index contributed by atoms with van der Waals surface area (Å²) in [6.07, 6.45) is 0.628. The van der Waals surface area contributed by atoms with Crippen molar-refractivity contribution in [3.8, 4) is 5.75 Å². The van der Waals surface area contributed by atoms with Gasteiger partial charge < -0.3 is 15.0 Å². The van der Waals surface area contributed by atoms with Crippen LogP contribution < -0.4 is 21.3 Å². The number of carbonyl (C=O) groups is 1. The van der Waals surface area contributed by atoms with E-state index < -0.39 is 17.2 Å². The van der Waals surface area contributed by atoms with Crippen LogP contribution in [0.25, 0.3) is 0 Å². The number of rotatable bonds is 5. The summed E-state index contributed by atoms with van der Waals surface area (Å²) in [7, 11) is 1.59. The van der Waals surface area contributed by atoms with Crippen molar-refractivity contribution in [2.45, 2.75) is 6.42 Å². The van der Waals surface area contributed by atoms with E-state index in [2.05, 4.69) is 10.3 Å². The lowest BCUT2D eigenvalue weighted by atomic mass is 10.1. The molecule has 7 nitrogen and oxygen atoms in total. The van der Waals surface area contributed by atoms with Gasteiger partial charge in [0.25, 0.3) is 11.5 Å². The van der Waals surface area contributed by atoms with Crippen LogP contribution in [-0.2, 0) is 6.42 Å². The number of aromatic amines is 2. The standard InChI is InChI=1S/C14H15N3O4/c1-21-10-4-2-9(3-5-10)6-7-15-13(19)11-8-12(18)17-14(20)16-11/h2-5,8H,6-7H2,1H3,(H,15,19)(H2,16,17,18,20). The molecule has 0 atom stereocenters. The summed E-state index contributed by atoms with van der Waals surface area (Å²) in [5, 5.41) is 2.64. The Balaban J connectivity index is 1.91. The van der Waals surface area contributed by atoms with E-state index >= 15 is 0 Å². The molecule has 0 spiro atoms. The fourth-order valence-electron chi connectivity index (χ4n) is 1.80. The Morgan fingerprint density at radius 1 is 1.19 bits per heavy atom. The summed E-state index contributed by atoms with van der Waals surface area (Å²) in [6.45, 7) is 0.389. The van der Waals surface area contributed by atoms with E-state index in [1.54, 1.807) is 7.11 Å². The third-order valence-electron chi connectivity index (χ3n) is 2.86. The van der Waals surface area contributed by atoms with Crippen molar-refractivity contribution >= 4 is 5.91 Å². The van der Waals surface area contributed by atoms with E-state index in [1.165, 1.54) is 0 Å². The first-order valence-corrected chi connectivity index (χ1v) is 6.33. The summed E-state index contributed by atoms with van der Waals surface area (Å²) < 4.78 is 5.06. The number of amides is 1. The van der Waals surface area contributed by atoms with Crippen LogP contribution >= 0.6 is 0 Å². The number of H-pyrrole nitrogens is 2. The Morgan fingerprint density at radius 2 is 1.90 bits per heavy atom. The number of methoxy groups -OCH3 is 1. The highest BCUT2D eigenvalue weighted by Crippen LogP contribution is 2.11. The molecule has 2 rings (SSSR count). The van der Waals surface area contributed by atoms with E-state index in [0.717, 1.165) is 17.4 Å². The predicted molar refractivity (Wildman–Crippen MR) is 76.7 cm³/mol. The van der Waals surface area contributed by atoms with Crippen LogP contribution in [-0.4, -0.2) is 29.5 Å². The summed E-state index contributed by atoms with van der Waals surface area (Å²) in [4.78, 5) is 38.2. The van der Waals surface area contributed by atoms with Crippen LogP contribution in [0.5, 0.6) is 5.75 Å². The molecule has 21 heavy (non-hydrogen) atoms. The van der Waals surface area contributed by atoms with Gasteiger partial charge in [0, 0.05) is 12.6 Å². The largest absolute Gasteiger partial charge is 0.497 e. The maximum absolute atomic E-state index is 11.8. The highest BCUT2D eigenvalue weighted by molar-refractivity contribution is 5.91. The smallest absolute Gasteiger partial charge is 0.326 e. The minimum absolute atomic E-state index is 0.0570. The Bertz CT molecular complexity index is 703. The molecule has 110 valence electrons. The van der Waals surface area contributed by atoms with Crippen molar-refractivity contribution in [2.75, 3.05) is 13.7 Å². The Morgan fingerprint density at radius 3 is 2.52 bits per heavy atom. The summed E-state index contributed by atoms with van der Waals surface area (Å²) in [6, 6.07) is 8.53. The SMILES string of the molecule is COc1ccc(CCNC(=O)c2cc(=O)[nH]c(=O)[nH]2)cc1. The van der Waals surface area contributed by atoms with Crippen LogP contribution in [0.2, 0.25) is 0 Å². The minimum Gasteiger partial charge on any atom is -0.497 e. The fourth-order valence-corrected chi connectivity index (χ4v) is 1.80. The lowest BCUT2D eigenvalue weighted by Crippen LogP contribution is -2.31. The molecular weight excluding hydrogens is 274 g/mol. The average molecular weight is 289 g/mol. The van der Waals surface area contributed by atoms with Gasteiger partial charge >= 0.3 is 5.69 Å². The van der Waals surface area contributed by atoms with Crippen molar-refractivity contribution in [2.24, 2.45) is 0 Å². The van der Waals surface area contributed by atoms with Gasteiger partial charge in [-0.15, -0.1) is 0 Å². The first-order chi connectivity index (χ1) is 10.1. The number of hydrogen-bond acceptors (Lipinski definition) is 4. The second-order valence-corrected chi connectivity index (χ2v) is 4.36. The molecule has 0 bridgehead atoms. The van der Waals surface area contributed by atoms with E-state index in [0.29, 0.717) is 13.0 Å². The first-order valence-electron chi connectivity index (χ1n) is 6.33. The molecular formula is C14H15N3O4. The monoisotopic (exact) mass is 289 g/mol. The van der Waals surface area contributed by atoms with Crippen LogP contribution in [0.1, 0.15) is 16.1 Å². The lowest BCUT2D eigenvalue weighted by Gasteiger charge is -2.06. The second-order valence-electron chi connectivity index (χ2n) is 4.36. The fraction of sp³-hybridized carbons (Fsp3) is 0.214. The van der Waals surface area contributed by atoms with Crippen LogP contribution in [0.15, 0.2) is 39.9 Å². The molecule has 0 aliphatic heterocycles. The Kier molecular flexibility index (Phi) is 4.55. The molecule has 1 heterocycles. The van der Waals surface area contributed by atoms with Crippen molar-refractivity contribution in [3.05, 3.63) is 62.4 Å². The zero-order valence-corrected chi connectivity index (χ0v) is 11.4. The van der Waals surface area contributed by atoms with Crippen molar-refractivity contribution in [1.82, 2.24) is 15.3 Å². The van der Waals surface area contributed by atoms with Gasteiger partial charge in [0.15, 0.2) is 0 Å².